The van der Waals surface area contributed by atoms with Crippen LogP contribution in [0.3, 0.4) is 0 Å². The number of nitrogens with zero attached hydrogens (tertiary/aromatic N) is 1. The van der Waals surface area contributed by atoms with Crippen molar-refractivity contribution in [3.63, 3.8) is 0 Å². The van der Waals surface area contributed by atoms with E-state index in [0.29, 0.717) is 6.04 Å². The Bertz CT molecular complexity index is 484. The van der Waals surface area contributed by atoms with E-state index < -0.39 is 0 Å². The summed E-state index contributed by atoms with van der Waals surface area (Å²) in [5.41, 5.74) is 4.17. The van der Waals surface area contributed by atoms with Crippen molar-refractivity contribution in [2.75, 3.05) is 20.3 Å². The van der Waals surface area contributed by atoms with Crippen LogP contribution in [0.1, 0.15) is 42.4 Å². The standard InChI is InChI=1S/C18H27NO2/c1-14-4-5-16(12-15(14)2)13-19(3)17-6-8-18(9-7-17)20-10-11-21-18/h4-5,12,17H,6-11,13H2,1-3H3. The summed E-state index contributed by atoms with van der Waals surface area (Å²) in [4.78, 5) is 2.49. The molecule has 2 fully saturated rings. The predicted octanol–water partition coefficient (Wildman–Crippen LogP) is 3.42. The summed E-state index contributed by atoms with van der Waals surface area (Å²) in [7, 11) is 2.24. The fourth-order valence-electron chi connectivity index (χ4n) is 3.59. The van der Waals surface area contributed by atoms with Gasteiger partial charge in [0.1, 0.15) is 0 Å². The molecule has 0 radical (unpaired) electrons. The molecule has 3 rings (SSSR count). The molecular formula is C18H27NO2. The monoisotopic (exact) mass is 289 g/mol. The van der Waals surface area contributed by atoms with E-state index in [4.69, 9.17) is 9.47 Å². The fraction of sp³-hybridized carbons (Fsp3) is 0.667. The molecule has 3 heteroatoms. The van der Waals surface area contributed by atoms with Crippen LogP contribution in [0.2, 0.25) is 0 Å². The molecular weight excluding hydrogens is 262 g/mol. The SMILES string of the molecule is Cc1ccc(CN(C)C2CCC3(CC2)OCCO3)cc1C. The maximum atomic E-state index is 5.82. The molecule has 1 aromatic carbocycles. The van der Waals surface area contributed by atoms with Crippen molar-refractivity contribution >= 4 is 0 Å². The highest BCUT2D eigenvalue weighted by Crippen LogP contribution is 2.37. The van der Waals surface area contributed by atoms with Crippen LogP contribution >= 0.6 is 0 Å². The normalized spacial score (nSPS) is 22.3. The molecule has 2 aliphatic rings. The number of aryl methyl sites for hydroxylation is 2. The Morgan fingerprint density at radius 1 is 1.10 bits per heavy atom. The second kappa shape index (κ2) is 6.07. The molecule has 1 aromatic rings. The smallest absolute Gasteiger partial charge is 0.168 e. The zero-order valence-electron chi connectivity index (χ0n) is 13.5. The first-order valence-corrected chi connectivity index (χ1v) is 8.12. The summed E-state index contributed by atoms with van der Waals surface area (Å²) >= 11 is 0. The van der Waals surface area contributed by atoms with Crippen molar-refractivity contribution in [2.24, 2.45) is 0 Å². The van der Waals surface area contributed by atoms with E-state index in [1.54, 1.807) is 0 Å². The van der Waals surface area contributed by atoms with Crippen LogP contribution in [0, 0.1) is 13.8 Å². The van der Waals surface area contributed by atoms with Crippen molar-refractivity contribution in [3.05, 3.63) is 34.9 Å². The molecule has 0 unspecified atom stereocenters. The average molecular weight is 289 g/mol. The molecule has 0 amide bonds. The van der Waals surface area contributed by atoms with Gasteiger partial charge < -0.3 is 9.47 Å². The Hall–Kier alpha value is -0.900. The topological polar surface area (TPSA) is 21.7 Å². The second-order valence-corrected chi connectivity index (χ2v) is 6.67. The van der Waals surface area contributed by atoms with Crippen molar-refractivity contribution in [1.82, 2.24) is 4.90 Å². The quantitative estimate of drug-likeness (QED) is 0.851. The van der Waals surface area contributed by atoms with Crippen molar-refractivity contribution in [3.8, 4) is 0 Å². The van der Waals surface area contributed by atoms with E-state index in [1.807, 2.05) is 0 Å². The Kier molecular flexibility index (Phi) is 4.34. The van der Waals surface area contributed by atoms with Gasteiger partial charge in [-0.15, -0.1) is 0 Å². The van der Waals surface area contributed by atoms with E-state index in [2.05, 4.69) is 44.0 Å². The van der Waals surface area contributed by atoms with Gasteiger partial charge in [0.15, 0.2) is 5.79 Å². The van der Waals surface area contributed by atoms with Crippen LogP contribution in [0.5, 0.6) is 0 Å². The van der Waals surface area contributed by atoms with Crippen LogP contribution in [0.25, 0.3) is 0 Å². The third-order valence-corrected chi connectivity index (χ3v) is 5.16. The second-order valence-electron chi connectivity index (χ2n) is 6.67. The Morgan fingerprint density at radius 2 is 1.76 bits per heavy atom. The number of benzene rings is 1. The summed E-state index contributed by atoms with van der Waals surface area (Å²) in [6.07, 6.45) is 4.41. The van der Waals surface area contributed by atoms with Crippen LogP contribution in [0.15, 0.2) is 18.2 Å². The van der Waals surface area contributed by atoms with Gasteiger partial charge in [0.05, 0.1) is 13.2 Å². The van der Waals surface area contributed by atoms with Gasteiger partial charge in [0.25, 0.3) is 0 Å². The van der Waals surface area contributed by atoms with Gasteiger partial charge in [-0.05, 0) is 50.4 Å². The van der Waals surface area contributed by atoms with Crippen LogP contribution in [-0.4, -0.2) is 37.0 Å². The number of hydrogen-bond acceptors (Lipinski definition) is 3. The van der Waals surface area contributed by atoms with E-state index in [0.717, 1.165) is 32.6 Å². The van der Waals surface area contributed by atoms with E-state index in [1.165, 1.54) is 29.5 Å². The van der Waals surface area contributed by atoms with Crippen molar-refractivity contribution in [2.45, 2.75) is 57.9 Å². The lowest BCUT2D eigenvalue weighted by molar-refractivity contribution is -0.183. The maximum Gasteiger partial charge on any atom is 0.168 e. The predicted molar refractivity (Wildman–Crippen MR) is 84.3 cm³/mol. The fourth-order valence-corrected chi connectivity index (χ4v) is 3.59. The van der Waals surface area contributed by atoms with Gasteiger partial charge >= 0.3 is 0 Å². The van der Waals surface area contributed by atoms with Crippen LogP contribution in [0.4, 0.5) is 0 Å². The lowest BCUT2D eigenvalue weighted by atomic mass is 9.89. The first kappa shape index (κ1) is 15.0. The lowest BCUT2D eigenvalue weighted by Crippen LogP contribution is -2.42. The Labute approximate surface area is 128 Å². The highest BCUT2D eigenvalue weighted by Gasteiger charge is 2.40. The van der Waals surface area contributed by atoms with Gasteiger partial charge in [-0.1, -0.05) is 18.2 Å². The van der Waals surface area contributed by atoms with Gasteiger partial charge in [0, 0.05) is 25.4 Å². The van der Waals surface area contributed by atoms with E-state index >= 15 is 0 Å². The average Bonchev–Trinajstić information content (AvgIpc) is 2.92. The highest BCUT2D eigenvalue weighted by molar-refractivity contribution is 5.29. The summed E-state index contributed by atoms with van der Waals surface area (Å²) in [6, 6.07) is 7.45. The molecule has 1 saturated carbocycles. The number of rotatable bonds is 3. The van der Waals surface area contributed by atoms with E-state index in [-0.39, 0.29) is 5.79 Å². The third kappa shape index (κ3) is 3.31. The largest absolute Gasteiger partial charge is 0.348 e. The van der Waals surface area contributed by atoms with Crippen molar-refractivity contribution < 1.29 is 9.47 Å². The summed E-state index contributed by atoms with van der Waals surface area (Å²) in [5.74, 6) is -0.238. The van der Waals surface area contributed by atoms with Crippen LogP contribution < -0.4 is 0 Å². The number of ether oxygens (including phenoxy) is 2. The molecule has 1 heterocycles. The molecule has 0 bridgehead atoms. The Balaban J connectivity index is 1.56. The molecule has 116 valence electrons. The molecule has 1 spiro atoms. The van der Waals surface area contributed by atoms with Gasteiger partial charge in [-0.3, -0.25) is 4.90 Å². The van der Waals surface area contributed by atoms with Gasteiger partial charge in [-0.2, -0.15) is 0 Å². The molecule has 21 heavy (non-hydrogen) atoms. The van der Waals surface area contributed by atoms with E-state index in [9.17, 15) is 0 Å². The van der Waals surface area contributed by atoms with Gasteiger partial charge in [-0.25, -0.2) is 0 Å². The molecule has 1 aliphatic heterocycles. The maximum absolute atomic E-state index is 5.82. The summed E-state index contributed by atoms with van der Waals surface area (Å²) in [5, 5.41) is 0. The molecule has 1 saturated heterocycles. The Morgan fingerprint density at radius 3 is 2.38 bits per heavy atom. The minimum Gasteiger partial charge on any atom is -0.348 e. The van der Waals surface area contributed by atoms with Gasteiger partial charge in [0.2, 0.25) is 0 Å². The molecule has 0 N–H and O–H groups in total. The number of hydrogen-bond donors (Lipinski definition) is 0. The first-order valence-electron chi connectivity index (χ1n) is 8.12. The minimum atomic E-state index is -0.238. The minimum absolute atomic E-state index is 0.238. The zero-order chi connectivity index (χ0) is 14.9. The third-order valence-electron chi connectivity index (χ3n) is 5.16. The van der Waals surface area contributed by atoms with Crippen LogP contribution in [-0.2, 0) is 16.0 Å². The highest BCUT2D eigenvalue weighted by atomic mass is 16.7. The molecule has 0 aromatic heterocycles. The summed E-state index contributed by atoms with van der Waals surface area (Å²) in [6.45, 7) is 6.93. The molecule has 0 atom stereocenters. The summed E-state index contributed by atoms with van der Waals surface area (Å²) < 4.78 is 11.6. The molecule has 1 aliphatic carbocycles. The molecule has 3 nitrogen and oxygen atoms in total. The lowest BCUT2D eigenvalue weighted by Gasteiger charge is -2.39. The first-order chi connectivity index (χ1) is 10.1. The van der Waals surface area contributed by atoms with Crippen molar-refractivity contribution in [1.29, 1.82) is 0 Å². The zero-order valence-corrected chi connectivity index (χ0v) is 13.5.